The molecule has 1 heterocycles. The number of carbonyl (C=O) groups excluding carboxylic acids is 1. The molecule has 0 aliphatic carbocycles. The van der Waals surface area contributed by atoms with Gasteiger partial charge in [0.1, 0.15) is 11.5 Å². The number of methoxy groups -OCH3 is 2. The van der Waals surface area contributed by atoms with Gasteiger partial charge in [-0.25, -0.2) is 0 Å². The number of amides is 1. The molecule has 0 bridgehead atoms. The Balaban J connectivity index is 1.83. The van der Waals surface area contributed by atoms with E-state index in [9.17, 15) is 9.90 Å². The van der Waals surface area contributed by atoms with Crippen molar-refractivity contribution >= 4 is 27.4 Å². The minimum absolute atomic E-state index is 0.234. The molecule has 0 saturated carbocycles. The number of hydrogen-bond donors (Lipinski definition) is 1. The molecule has 1 atom stereocenters. The SMILES string of the molecule is COc1ccc(CN2C(=O)C(O)=C(c3ccc(C)cc3)[C@H]2c2ccccc2Br)c(OC)c1. The number of aliphatic hydroxyl groups excluding tert-OH is 1. The number of ether oxygens (including phenoxy) is 2. The minimum Gasteiger partial charge on any atom is -0.503 e. The number of aryl methyl sites for hydroxylation is 1. The molecule has 0 aromatic heterocycles. The van der Waals surface area contributed by atoms with E-state index in [-0.39, 0.29) is 12.3 Å². The molecule has 4 rings (SSSR count). The molecule has 1 aliphatic heterocycles. The Hall–Kier alpha value is -3.25. The van der Waals surface area contributed by atoms with Crippen molar-refractivity contribution < 1.29 is 19.4 Å². The van der Waals surface area contributed by atoms with Crippen LogP contribution in [0.15, 0.2) is 77.0 Å². The lowest BCUT2D eigenvalue weighted by Gasteiger charge is -2.29. The molecular formula is C26H24BrNO4. The van der Waals surface area contributed by atoms with Crippen molar-refractivity contribution in [2.24, 2.45) is 0 Å². The number of benzene rings is 3. The van der Waals surface area contributed by atoms with Crippen molar-refractivity contribution in [3.8, 4) is 11.5 Å². The molecule has 164 valence electrons. The van der Waals surface area contributed by atoms with E-state index in [0.717, 1.165) is 26.7 Å². The zero-order valence-electron chi connectivity index (χ0n) is 18.1. The fraction of sp³-hybridized carbons (Fsp3) is 0.192. The van der Waals surface area contributed by atoms with Gasteiger partial charge in [-0.2, -0.15) is 0 Å². The first-order valence-corrected chi connectivity index (χ1v) is 11.0. The highest BCUT2D eigenvalue weighted by atomic mass is 79.9. The summed E-state index contributed by atoms with van der Waals surface area (Å²) in [5.74, 6) is 0.634. The van der Waals surface area contributed by atoms with E-state index >= 15 is 0 Å². The maximum atomic E-state index is 13.3. The smallest absolute Gasteiger partial charge is 0.290 e. The molecule has 3 aromatic rings. The third-order valence-electron chi connectivity index (χ3n) is 5.70. The molecule has 3 aromatic carbocycles. The van der Waals surface area contributed by atoms with E-state index < -0.39 is 11.9 Å². The van der Waals surface area contributed by atoms with Crippen LogP contribution in [0.1, 0.15) is 28.3 Å². The Morgan fingerprint density at radius 3 is 2.38 bits per heavy atom. The second-order valence-corrected chi connectivity index (χ2v) is 8.52. The van der Waals surface area contributed by atoms with Gasteiger partial charge in [-0.1, -0.05) is 64.0 Å². The minimum atomic E-state index is -0.465. The van der Waals surface area contributed by atoms with Gasteiger partial charge >= 0.3 is 0 Å². The molecule has 1 N–H and O–H groups in total. The van der Waals surface area contributed by atoms with Gasteiger partial charge in [-0.3, -0.25) is 4.79 Å². The third kappa shape index (κ3) is 3.98. The molecule has 0 unspecified atom stereocenters. The Morgan fingerprint density at radius 1 is 1.00 bits per heavy atom. The van der Waals surface area contributed by atoms with Gasteiger partial charge in [-0.15, -0.1) is 0 Å². The first-order chi connectivity index (χ1) is 15.4. The number of rotatable bonds is 6. The maximum Gasteiger partial charge on any atom is 0.290 e. The van der Waals surface area contributed by atoms with Gasteiger partial charge in [-0.05, 0) is 36.2 Å². The maximum absolute atomic E-state index is 13.3. The topological polar surface area (TPSA) is 59.0 Å². The summed E-state index contributed by atoms with van der Waals surface area (Å²) >= 11 is 3.63. The average molecular weight is 494 g/mol. The van der Waals surface area contributed by atoms with Crippen molar-refractivity contribution in [2.75, 3.05) is 14.2 Å². The molecule has 0 radical (unpaired) electrons. The summed E-state index contributed by atoms with van der Waals surface area (Å²) in [5.41, 5.74) is 4.22. The molecule has 0 fully saturated rings. The normalized spacial score (nSPS) is 15.9. The molecule has 1 aliphatic rings. The molecule has 5 nitrogen and oxygen atoms in total. The van der Waals surface area contributed by atoms with Crippen LogP contribution in [0.2, 0.25) is 0 Å². The second kappa shape index (κ2) is 9.09. The van der Waals surface area contributed by atoms with Crippen LogP contribution in [-0.2, 0) is 11.3 Å². The van der Waals surface area contributed by atoms with Crippen LogP contribution in [0.25, 0.3) is 5.57 Å². The standard InChI is InChI=1S/C26H24BrNO4/c1-16-8-10-17(11-9-16)23-24(20-6-4-5-7-21(20)27)28(26(30)25(23)29)15-18-12-13-19(31-2)14-22(18)32-3/h4-14,24,29H,15H2,1-3H3/t24-/m1/s1. The monoisotopic (exact) mass is 493 g/mol. The summed E-state index contributed by atoms with van der Waals surface area (Å²) in [4.78, 5) is 15.0. The van der Waals surface area contributed by atoms with Gasteiger partial charge in [0.15, 0.2) is 5.76 Å². The number of nitrogens with zero attached hydrogens (tertiary/aromatic N) is 1. The lowest BCUT2D eigenvalue weighted by atomic mass is 9.93. The summed E-state index contributed by atoms with van der Waals surface area (Å²) in [6.45, 7) is 2.27. The Labute approximate surface area is 196 Å². The van der Waals surface area contributed by atoms with Gasteiger partial charge in [0.25, 0.3) is 5.91 Å². The van der Waals surface area contributed by atoms with E-state index in [0.29, 0.717) is 17.1 Å². The lowest BCUT2D eigenvalue weighted by Crippen LogP contribution is -2.30. The van der Waals surface area contributed by atoms with E-state index in [4.69, 9.17) is 9.47 Å². The zero-order chi connectivity index (χ0) is 22.8. The Bertz CT molecular complexity index is 1190. The van der Waals surface area contributed by atoms with Crippen LogP contribution in [0.5, 0.6) is 11.5 Å². The van der Waals surface area contributed by atoms with E-state index in [1.807, 2.05) is 67.6 Å². The summed E-state index contributed by atoms with van der Waals surface area (Å²) in [5, 5.41) is 11.0. The summed E-state index contributed by atoms with van der Waals surface area (Å²) in [6.07, 6.45) is 0. The van der Waals surface area contributed by atoms with Crippen LogP contribution in [0.3, 0.4) is 0 Å². The van der Waals surface area contributed by atoms with Crippen LogP contribution in [-0.4, -0.2) is 30.1 Å². The van der Waals surface area contributed by atoms with Gasteiger partial charge < -0.3 is 19.5 Å². The van der Waals surface area contributed by atoms with Crippen LogP contribution in [0, 0.1) is 6.92 Å². The van der Waals surface area contributed by atoms with Crippen molar-refractivity contribution in [1.82, 2.24) is 4.90 Å². The first-order valence-electron chi connectivity index (χ1n) is 10.2. The lowest BCUT2D eigenvalue weighted by molar-refractivity contribution is -0.130. The predicted octanol–water partition coefficient (Wildman–Crippen LogP) is 5.83. The third-order valence-corrected chi connectivity index (χ3v) is 6.42. The highest BCUT2D eigenvalue weighted by molar-refractivity contribution is 9.10. The largest absolute Gasteiger partial charge is 0.503 e. The number of hydrogen-bond acceptors (Lipinski definition) is 4. The predicted molar refractivity (Wildman–Crippen MR) is 128 cm³/mol. The molecule has 0 saturated heterocycles. The first kappa shape index (κ1) is 22.0. The van der Waals surface area contributed by atoms with Crippen molar-refractivity contribution in [2.45, 2.75) is 19.5 Å². The van der Waals surface area contributed by atoms with Crippen LogP contribution >= 0.6 is 15.9 Å². The fourth-order valence-corrected chi connectivity index (χ4v) is 4.53. The number of halogens is 1. The highest BCUT2D eigenvalue weighted by Gasteiger charge is 2.42. The van der Waals surface area contributed by atoms with Gasteiger partial charge in [0, 0.05) is 21.7 Å². The van der Waals surface area contributed by atoms with E-state index in [1.165, 1.54) is 0 Å². The summed E-state index contributed by atoms with van der Waals surface area (Å²) in [7, 11) is 3.18. The van der Waals surface area contributed by atoms with Crippen molar-refractivity contribution in [3.05, 3.63) is 99.2 Å². The average Bonchev–Trinajstić information content (AvgIpc) is 3.05. The van der Waals surface area contributed by atoms with Gasteiger partial charge in [0.2, 0.25) is 0 Å². The van der Waals surface area contributed by atoms with Crippen molar-refractivity contribution in [3.63, 3.8) is 0 Å². The summed E-state index contributed by atoms with van der Waals surface area (Å²) in [6, 6.07) is 20.6. The molecule has 0 spiro atoms. The molecule has 6 heteroatoms. The Kier molecular flexibility index (Phi) is 6.24. The van der Waals surface area contributed by atoms with Crippen LogP contribution in [0.4, 0.5) is 0 Å². The van der Waals surface area contributed by atoms with Crippen LogP contribution < -0.4 is 9.47 Å². The molecule has 32 heavy (non-hydrogen) atoms. The molecular weight excluding hydrogens is 470 g/mol. The molecule has 1 amide bonds. The van der Waals surface area contributed by atoms with E-state index in [2.05, 4.69) is 15.9 Å². The zero-order valence-corrected chi connectivity index (χ0v) is 19.7. The van der Waals surface area contributed by atoms with Crippen molar-refractivity contribution in [1.29, 1.82) is 0 Å². The Morgan fingerprint density at radius 2 is 1.72 bits per heavy atom. The van der Waals surface area contributed by atoms with E-state index in [1.54, 1.807) is 25.2 Å². The quantitative estimate of drug-likeness (QED) is 0.469. The highest BCUT2D eigenvalue weighted by Crippen LogP contribution is 2.46. The fourth-order valence-electron chi connectivity index (χ4n) is 4.03. The second-order valence-electron chi connectivity index (χ2n) is 7.66. The summed E-state index contributed by atoms with van der Waals surface area (Å²) < 4.78 is 11.7. The number of aliphatic hydroxyl groups is 1. The number of carbonyl (C=O) groups is 1. The van der Waals surface area contributed by atoms with Gasteiger partial charge in [0.05, 0.1) is 26.8 Å².